The molecule has 0 aliphatic rings. The van der Waals surface area contributed by atoms with Crippen LogP contribution in [0.25, 0.3) is 0 Å². The lowest BCUT2D eigenvalue weighted by Crippen LogP contribution is -2.42. The maximum atomic E-state index is 6.51. The zero-order valence-corrected chi connectivity index (χ0v) is 14.3. The fraction of sp³-hybridized carbons (Fsp3) is 0.562. The number of hydrogen-bond donors (Lipinski definition) is 0. The minimum Gasteiger partial charge on any atom is -0.408 e. The average Bonchev–Trinajstić information content (AvgIpc) is 2.75. The minimum absolute atomic E-state index is 0.0239. The molecule has 0 aliphatic carbocycles. The second kappa shape index (κ2) is 6.42. The highest BCUT2D eigenvalue weighted by atomic mass is 28.4. The summed E-state index contributed by atoms with van der Waals surface area (Å²) in [5, 5.41) is 0.170. The Morgan fingerprint density at radius 1 is 1.55 bits per heavy atom. The first-order valence-corrected chi connectivity index (χ1v) is 9.86. The predicted molar refractivity (Wildman–Crippen MR) is 86.9 cm³/mol. The zero-order chi connectivity index (χ0) is 15.4. The number of nitrogens with zero attached hydrogens (tertiary/aromatic N) is 2. The van der Waals surface area contributed by atoms with Crippen LogP contribution in [0, 0.1) is 12.3 Å². The van der Waals surface area contributed by atoms with Gasteiger partial charge in [-0.1, -0.05) is 32.8 Å². The fourth-order valence-electron chi connectivity index (χ4n) is 1.74. The minimum atomic E-state index is -1.85. The van der Waals surface area contributed by atoms with Gasteiger partial charge in [0.25, 0.3) is 0 Å². The first-order valence-electron chi connectivity index (χ1n) is 6.95. The van der Waals surface area contributed by atoms with Crippen LogP contribution in [0.1, 0.15) is 39.0 Å². The van der Waals surface area contributed by atoms with Crippen LogP contribution in [0.15, 0.2) is 25.2 Å². The van der Waals surface area contributed by atoms with Gasteiger partial charge in [-0.25, -0.2) is 4.98 Å². The smallest absolute Gasteiger partial charge is 0.193 e. The zero-order valence-electron chi connectivity index (χ0n) is 13.3. The summed E-state index contributed by atoms with van der Waals surface area (Å²) in [6, 6.07) is 0. The molecule has 20 heavy (non-hydrogen) atoms. The van der Waals surface area contributed by atoms with E-state index < -0.39 is 8.32 Å². The number of rotatable bonds is 6. The van der Waals surface area contributed by atoms with Crippen LogP contribution >= 0.6 is 0 Å². The van der Waals surface area contributed by atoms with Crippen molar-refractivity contribution in [2.45, 2.75) is 58.0 Å². The Morgan fingerprint density at radius 3 is 2.70 bits per heavy atom. The summed E-state index contributed by atoms with van der Waals surface area (Å²) in [5.74, 6) is 2.65. The topological polar surface area (TPSA) is 27.1 Å². The molecule has 1 aromatic rings. The molecule has 0 saturated carbocycles. The van der Waals surface area contributed by atoms with E-state index in [1.807, 2.05) is 16.8 Å². The van der Waals surface area contributed by atoms with Crippen molar-refractivity contribution in [3.8, 4) is 12.3 Å². The summed E-state index contributed by atoms with van der Waals surface area (Å²) in [6.45, 7) is 15.6. The van der Waals surface area contributed by atoms with Gasteiger partial charge >= 0.3 is 0 Å². The lowest BCUT2D eigenvalue weighted by atomic mass is 10.2. The van der Waals surface area contributed by atoms with Crippen LogP contribution in [-0.2, 0) is 11.0 Å². The van der Waals surface area contributed by atoms with Crippen LogP contribution in [-0.4, -0.2) is 17.9 Å². The molecule has 4 heteroatoms. The molecule has 0 saturated heterocycles. The molecule has 1 atom stereocenters. The standard InChI is InChI=1S/C16H26N2OSi/c1-8-10-15(19-20(6,7)16(3,4)5)14-12-17-13-18(14)11-9-2/h2,8,12-13,15H,1,10-11H2,3-7H3. The van der Waals surface area contributed by atoms with E-state index >= 15 is 0 Å². The molecule has 3 nitrogen and oxygen atoms in total. The van der Waals surface area contributed by atoms with Crippen molar-refractivity contribution in [1.82, 2.24) is 9.55 Å². The van der Waals surface area contributed by atoms with Gasteiger partial charge in [0.15, 0.2) is 8.32 Å². The van der Waals surface area contributed by atoms with Gasteiger partial charge < -0.3 is 8.99 Å². The summed E-state index contributed by atoms with van der Waals surface area (Å²) in [4.78, 5) is 4.20. The van der Waals surface area contributed by atoms with Crippen LogP contribution in [0.3, 0.4) is 0 Å². The Bertz CT molecular complexity index is 491. The van der Waals surface area contributed by atoms with Crippen LogP contribution in [0.2, 0.25) is 18.1 Å². The molecule has 0 bridgehead atoms. The molecule has 1 rings (SSSR count). The van der Waals surface area contributed by atoms with Gasteiger partial charge in [0.05, 0.1) is 30.9 Å². The van der Waals surface area contributed by atoms with Crippen LogP contribution < -0.4 is 0 Å². The normalized spacial score (nSPS) is 13.8. The summed E-state index contributed by atoms with van der Waals surface area (Å²) in [6.07, 6.45) is 11.7. The Balaban J connectivity index is 3.04. The summed E-state index contributed by atoms with van der Waals surface area (Å²) in [7, 11) is -1.85. The van der Waals surface area contributed by atoms with Gasteiger partial charge in [0.1, 0.15) is 0 Å². The van der Waals surface area contributed by atoms with E-state index in [-0.39, 0.29) is 11.1 Å². The summed E-state index contributed by atoms with van der Waals surface area (Å²) in [5.41, 5.74) is 1.03. The molecule has 0 radical (unpaired) electrons. The van der Waals surface area contributed by atoms with Gasteiger partial charge in [0, 0.05) is 0 Å². The van der Waals surface area contributed by atoms with Gasteiger partial charge in [-0.05, 0) is 24.6 Å². The van der Waals surface area contributed by atoms with Crippen molar-refractivity contribution in [2.75, 3.05) is 0 Å². The summed E-state index contributed by atoms with van der Waals surface area (Å²) >= 11 is 0. The van der Waals surface area contributed by atoms with Crippen molar-refractivity contribution in [3.63, 3.8) is 0 Å². The van der Waals surface area contributed by atoms with Gasteiger partial charge in [-0.3, -0.25) is 0 Å². The van der Waals surface area contributed by atoms with Crippen molar-refractivity contribution < 1.29 is 4.43 Å². The second-order valence-electron chi connectivity index (χ2n) is 6.54. The molecule has 110 valence electrons. The highest BCUT2D eigenvalue weighted by Gasteiger charge is 2.39. The molecule has 1 heterocycles. The maximum Gasteiger partial charge on any atom is 0.193 e. The van der Waals surface area contributed by atoms with Crippen LogP contribution in [0.4, 0.5) is 0 Å². The van der Waals surface area contributed by atoms with E-state index in [4.69, 9.17) is 10.8 Å². The first kappa shape index (κ1) is 16.7. The first-order chi connectivity index (χ1) is 9.23. The third kappa shape index (κ3) is 3.84. The van der Waals surface area contributed by atoms with E-state index in [2.05, 4.69) is 51.3 Å². The fourth-order valence-corrected chi connectivity index (χ4v) is 3.02. The molecule has 1 unspecified atom stereocenters. The predicted octanol–water partition coefficient (Wildman–Crippen LogP) is 4.16. The lowest BCUT2D eigenvalue weighted by Gasteiger charge is -2.39. The average molecular weight is 290 g/mol. The van der Waals surface area contributed by atoms with Gasteiger partial charge in [-0.15, -0.1) is 13.0 Å². The molecule has 0 N–H and O–H groups in total. The van der Waals surface area contributed by atoms with E-state index in [1.165, 1.54) is 0 Å². The number of aromatic nitrogens is 2. The molecule has 0 fully saturated rings. The number of terminal acetylenes is 1. The number of imidazole rings is 1. The van der Waals surface area contributed by atoms with Crippen molar-refractivity contribution in [1.29, 1.82) is 0 Å². The SMILES string of the molecule is C#CCn1cncc1C(CC=C)O[Si](C)(C)C(C)(C)C. The molecular formula is C16H26N2OSi. The highest BCUT2D eigenvalue weighted by Crippen LogP contribution is 2.40. The Kier molecular flexibility index (Phi) is 5.38. The number of hydrogen-bond acceptors (Lipinski definition) is 2. The highest BCUT2D eigenvalue weighted by molar-refractivity contribution is 6.74. The molecule has 0 spiro atoms. The van der Waals surface area contributed by atoms with Gasteiger partial charge in [-0.2, -0.15) is 0 Å². The summed E-state index contributed by atoms with van der Waals surface area (Å²) < 4.78 is 8.49. The molecule has 1 aromatic heterocycles. The Labute approximate surface area is 124 Å². The largest absolute Gasteiger partial charge is 0.408 e. The third-order valence-corrected chi connectivity index (χ3v) is 8.45. The molecule has 0 amide bonds. The van der Waals surface area contributed by atoms with E-state index in [0.717, 1.165) is 12.1 Å². The van der Waals surface area contributed by atoms with E-state index in [9.17, 15) is 0 Å². The Hall–Kier alpha value is -1.31. The third-order valence-electron chi connectivity index (χ3n) is 3.96. The quantitative estimate of drug-likeness (QED) is 0.447. The van der Waals surface area contributed by atoms with E-state index in [1.54, 1.807) is 6.33 Å². The van der Waals surface area contributed by atoms with E-state index in [0.29, 0.717) is 6.54 Å². The van der Waals surface area contributed by atoms with Crippen molar-refractivity contribution in [2.24, 2.45) is 0 Å². The molecule has 0 aromatic carbocycles. The monoisotopic (exact) mass is 290 g/mol. The Morgan fingerprint density at radius 2 is 2.20 bits per heavy atom. The maximum absolute atomic E-state index is 6.51. The van der Waals surface area contributed by atoms with Crippen LogP contribution in [0.5, 0.6) is 0 Å². The van der Waals surface area contributed by atoms with Gasteiger partial charge in [0.2, 0.25) is 0 Å². The van der Waals surface area contributed by atoms with Crippen molar-refractivity contribution in [3.05, 3.63) is 30.9 Å². The van der Waals surface area contributed by atoms with Crippen molar-refractivity contribution >= 4 is 8.32 Å². The second-order valence-corrected chi connectivity index (χ2v) is 11.3. The lowest BCUT2D eigenvalue weighted by molar-refractivity contribution is 0.178. The molecule has 0 aliphatic heterocycles. The molecular weight excluding hydrogens is 264 g/mol.